The summed E-state index contributed by atoms with van der Waals surface area (Å²) in [7, 11) is 1.87. The van der Waals surface area contributed by atoms with Crippen molar-refractivity contribution in [1.29, 1.82) is 0 Å². The maximum atomic E-state index is 12.1. The zero-order chi connectivity index (χ0) is 14.2. The number of aromatic nitrogens is 4. The highest BCUT2D eigenvalue weighted by Gasteiger charge is 2.13. The van der Waals surface area contributed by atoms with Crippen molar-refractivity contribution in [3.8, 4) is 0 Å². The van der Waals surface area contributed by atoms with E-state index in [2.05, 4.69) is 10.1 Å². The molecule has 19 heavy (non-hydrogen) atoms. The predicted molar refractivity (Wildman–Crippen MR) is 74.6 cm³/mol. The number of hydrogen-bond acceptors (Lipinski definition) is 3. The Balaban J connectivity index is 2.50. The van der Waals surface area contributed by atoms with Crippen molar-refractivity contribution in [1.82, 2.24) is 19.3 Å². The lowest BCUT2D eigenvalue weighted by molar-refractivity contribution is 0.590. The monoisotopic (exact) mass is 280 g/mol. The Morgan fingerprint density at radius 2 is 2.05 bits per heavy atom. The largest absolute Gasteiger partial charge is 0.290 e. The van der Waals surface area contributed by atoms with E-state index in [9.17, 15) is 4.79 Å². The second-order valence-corrected chi connectivity index (χ2v) is 5.30. The highest BCUT2D eigenvalue weighted by atomic mass is 35.5. The average Bonchev–Trinajstić information content (AvgIpc) is 2.60. The van der Waals surface area contributed by atoms with Gasteiger partial charge >= 0.3 is 0 Å². The molecule has 0 N–H and O–H groups in total. The molecule has 0 aliphatic heterocycles. The Labute approximate surface area is 116 Å². The molecule has 2 aromatic rings. The van der Waals surface area contributed by atoms with Gasteiger partial charge in [-0.15, -0.1) is 0 Å². The number of aryl methyl sites for hydroxylation is 2. The Morgan fingerprint density at radius 1 is 1.37 bits per heavy atom. The van der Waals surface area contributed by atoms with E-state index in [1.165, 1.54) is 6.07 Å². The minimum absolute atomic E-state index is 0.126. The molecular weight excluding hydrogens is 264 g/mol. The molecule has 6 heteroatoms. The number of nitrogens with zero attached hydrogens (tertiary/aromatic N) is 4. The fourth-order valence-electron chi connectivity index (χ4n) is 2.07. The van der Waals surface area contributed by atoms with Crippen LogP contribution in [0.4, 0.5) is 0 Å². The highest BCUT2D eigenvalue weighted by Crippen LogP contribution is 2.14. The Morgan fingerprint density at radius 3 is 2.58 bits per heavy atom. The smallest absolute Gasteiger partial charge is 0.255 e. The van der Waals surface area contributed by atoms with E-state index in [-0.39, 0.29) is 16.6 Å². The third kappa shape index (κ3) is 2.87. The molecule has 2 heterocycles. The van der Waals surface area contributed by atoms with Gasteiger partial charge in [0.2, 0.25) is 0 Å². The van der Waals surface area contributed by atoms with Gasteiger partial charge in [-0.1, -0.05) is 25.4 Å². The number of rotatable bonds is 3. The summed E-state index contributed by atoms with van der Waals surface area (Å²) in [5.41, 5.74) is 1.76. The molecule has 0 saturated heterocycles. The Hall–Kier alpha value is -1.62. The molecule has 5 nitrogen and oxygen atoms in total. The molecule has 0 aromatic carbocycles. The SMILES string of the molecule is Cc1cc(Cn2c(C(C)C)nc(Cl)cc2=O)n(C)n1. The van der Waals surface area contributed by atoms with Gasteiger partial charge in [-0.25, -0.2) is 4.98 Å². The summed E-state index contributed by atoms with van der Waals surface area (Å²) in [5.74, 6) is 0.817. The summed E-state index contributed by atoms with van der Waals surface area (Å²) in [6.45, 7) is 6.36. The van der Waals surface area contributed by atoms with Gasteiger partial charge in [0.25, 0.3) is 5.56 Å². The first-order chi connectivity index (χ1) is 8.88. The standard InChI is InChI=1S/C13H17ClN4O/c1-8(2)13-15-11(14)6-12(19)18(13)7-10-5-9(3)16-17(10)4/h5-6,8H,7H2,1-4H3. The van der Waals surface area contributed by atoms with Crippen molar-refractivity contribution in [2.24, 2.45) is 7.05 Å². The third-order valence-corrected chi connectivity index (χ3v) is 3.14. The van der Waals surface area contributed by atoms with E-state index in [0.717, 1.165) is 11.4 Å². The van der Waals surface area contributed by atoms with Crippen LogP contribution < -0.4 is 5.56 Å². The van der Waals surface area contributed by atoms with E-state index < -0.39 is 0 Å². The minimum atomic E-state index is -0.137. The molecule has 2 rings (SSSR count). The van der Waals surface area contributed by atoms with Gasteiger partial charge in [0.05, 0.1) is 17.9 Å². The summed E-state index contributed by atoms with van der Waals surface area (Å²) in [4.78, 5) is 16.4. The molecule has 0 bridgehead atoms. The molecule has 102 valence electrons. The Kier molecular flexibility index (Phi) is 3.75. The molecule has 0 fully saturated rings. The van der Waals surface area contributed by atoms with Gasteiger partial charge in [0, 0.05) is 19.0 Å². The highest BCUT2D eigenvalue weighted by molar-refractivity contribution is 6.29. The molecule has 2 aromatic heterocycles. The topological polar surface area (TPSA) is 52.7 Å². The molecule has 0 spiro atoms. The van der Waals surface area contributed by atoms with Crippen LogP contribution in [0.1, 0.15) is 37.0 Å². The van der Waals surface area contributed by atoms with Crippen LogP contribution in [0.3, 0.4) is 0 Å². The van der Waals surface area contributed by atoms with E-state index in [4.69, 9.17) is 11.6 Å². The van der Waals surface area contributed by atoms with Crippen LogP contribution >= 0.6 is 11.6 Å². The lowest BCUT2D eigenvalue weighted by atomic mass is 10.2. The molecule has 0 aliphatic carbocycles. The molecule has 0 amide bonds. The van der Waals surface area contributed by atoms with Gasteiger partial charge in [-0.05, 0) is 13.0 Å². The lowest BCUT2D eigenvalue weighted by Gasteiger charge is -2.14. The van der Waals surface area contributed by atoms with Crippen LogP contribution in [0.15, 0.2) is 16.9 Å². The van der Waals surface area contributed by atoms with Crippen LogP contribution in [0.2, 0.25) is 5.15 Å². The van der Waals surface area contributed by atoms with Crippen LogP contribution in [0.25, 0.3) is 0 Å². The molecule has 0 saturated carbocycles. The third-order valence-electron chi connectivity index (χ3n) is 2.94. The van der Waals surface area contributed by atoms with Crippen LogP contribution in [0.5, 0.6) is 0 Å². The molecule has 0 aliphatic rings. The van der Waals surface area contributed by atoms with Crippen molar-refractivity contribution in [3.05, 3.63) is 44.9 Å². The normalized spacial score (nSPS) is 11.3. The second-order valence-electron chi connectivity index (χ2n) is 4.92. The van der Waals surface area contributed by atoms with Crippen LogP contribution in [-0.4, -0.2) is 19.3 Å². The van der Waals surface area contributed by atoms with Gasteiger partial charge in [0.1, 0.15) is 11.0 Å². The van der Waals surface area contributed by atoms with Gasteiger partial charge in [0.15, 0.2) is 0 Å². The quantitative estimate of drug-likeness (QED) is 0.809. The van der Waals surface area contributed by atoms with Crippen molar-refractivity contribution < 1.29 is 0 Å². The maximum Gasteiger partial charge on any atom is 0.255 e. The fraction of sp³-hybridized carbons (Fsp3) is 0.462. The average molecular weight is 281 g/mol. The summed E-state index contributed by atoms with van der Waals surface area (Å²) in [5, 5.41) is 4.53. The van der Waals surface area contributed by atoms with E-state index in [0.29, 0.717) is 12.4 Å². The van der Waals surface area contributed by atoms with Crippen LogP contribution in [-0.2, 0) is 13.6 Å². The summed E-state index contributed by atoms with van der Waals surface area (Å²) in [6, 6.07) is 3.31. The molecular formula is C13H17ClN4O. The van der Waals surface area contributed by atoms with Crippen LogP contribution in [0, 0.1) is 6.92 Å². The van der Waals surface area contributed by atoms with Gasteiger partial charge < -0.3 is 0 Å². The number of halogens is 1. The lowest BCUT2D eigenvalue weighted by Crippen LogP contribution is -2.26. The molecule has 0 unspecified atom stereocenters. The molecule has 0 radical (unpaired) electrons. The zero-order valence-electron chi connectivity index (χ0n) is 11.5. The van der Waals surface area contributed by atoms with E-state index in [1.807, 2.05) is 33.9 Å². The molecule has 0 atom stereocenters. The van der Waals surface area contributed by atoms with E-state index >= 15 is 0 Å². The van der Waals surface area contributed by atoms with Crippen molar-refractivity contribution in [3.63, 3.8) is 0 Å². The maximum absolute atomic E-state index is 12.1. The zero-order valence-corrected chi connectivity index (χ0v) is 12.3. The van der Waals surface area contributed by atoms with Crippen molar-refractivity contribution >= 4 is 11.6 Å². The number of hydrogen-bond donors (Lipinski definition) is 0. The first-order valence-electron chi connectivity index (χ1n) is 6.15. The summed E-state index contributed by atoms with van der Waals surface area (Å²) in [6.07, 6.45) is 0. The van der Waals surface area contributed by atoms with Gasteiger partial charge in [-0.3, -0.25) is 14.0 Å². The summed E-state index contributed by atoms with van der Waals surface area (Å²) >= 11 is 5.86. The second kappa shape index (κ2) is 5.17. The predicted octanol–water partition coefficient (Wildman–Crippen LogP) is 2.11. The first kappa shape index (κ1) is 13.8. The van der Waals surface area contributed by atoms with Crippen molar-refractivity contribution in [2.75, 3.05) is 0 Å². The fourth-order valence-corrected chi connectivity index (χ4v) is 2.25. The minimum Gasteiger partial charge on any atom is -0.290 e. The van der Waals surface area contributed by atoms with Gasteiger partial charge in [-0.2, -0.15) is 5.10 Å². The van der Waals surface area contributed by atoms with Crippen molar-refractivity contribution in [2.45, 2.75) is 33.2 Å². The summed E-state index contributed by atoms with van der Waals surface area (Å²) < 4.78 is 3.42. The Bertz CT molecular complexity index is 657. The first-order valence-corrected chi connectivity index (χ1v) is 6.53. The van der Waals surface area contributed by atoms with E-state index in [1.54, 1.807) is 9.25 Å².